The minimum absolute atomic E-state index is 0.699. The zero-order valence-corrected chi connectivity index (χ0v) is 9.96. The number of hydrogen-bond donors (Lipinski definition) is 1. The Labute approximate surface area is 97.9 Å². The number of aromatic nitrogens is 3. The smallest absolute Gasteiger partial charge is 0.226 e. The Morgan fingerprint density at radius 3 is 3.12 bits per heavy atom. The molecule has 0 amide bonds. The highest BCUT2D eigenvalue weighted by molar-refractivity contribution is 7.07. The van der Waals surface area contributed by atoms with E-state index in [-0.39, 0.29) is 0 Å². The molecule has 2 heterocycles. The molecule has 0 fully saturated rings. The van der Waals surface area contributed by atoms with Crippen LogP contribution >= 0.6 is 11.3 Å². The first-order chi connectivity index (χ1) is 7.84. The van der Waals surface area contributed by atoms with E-state index in [4.69, 9.17) is 4.52 Å². The predicted molar refractivity (Wildman–Crippen MR) is 61.2 cm³/mol. The lowest BCUT2D eigenvalue weighted by molar-refractivity contribution is 0.371. The van der Waals surface area contributed by atoms with Crippen LogP contribution in [0.1, 0.15) is 23.8 Å². The van der Waals surface area contributed by atoms with Gasteiger partial charge in [-0.1, -0.05) is 5.16 Å². The fourth-order valence-corrected chi connectivity index (χ4v) is 1.91. The van der Waals surface area contributed by atoms with Crippen LogP contribution in [0.3, 0.4) is 0 Å². The van der Waals surface area contributed by atoms with Crippen molar-refractivity contribution in [2.24, 2.45) is 0 Å². The fraction of sp³-hybridized carbons (Fsp3) is 0.500. The molecule has 6 heteroatoms. The van der Waals surface area contributed by atoms with Crippen molar-refractivity contribution in [1.82, 2.24) is 20.4 Å². The maximum absolute atomic E-state index is 5.02. The van der Waals surface area contributed by atoms with E-state index < -0.39 is 0 Å². The van der Waals surface area contributed by atoms with Crippen molar-refractivity contribution in [2.75, 3.05) is 6.54 Å². The molecular formula is C10H14N4OS. The summed E-state index contributed by atoms with van der Waals surface area (Å²) in [5, 5.41) is 9.11. The molecule has 0 radical (unpaired) electrons. The average Bonchev–Trinajstić information content (AvgIpc) is 2.89. The predicted octanol–water partition coefficient (Wildman–Crippen LogP) is 1.56. The van der Waals surface area contributed by atoms with E-state index in [0.717, 1.165) is 31.6 Å². The summed E-state index contributed by atoms with van der Waals surface area (Å²) >= 11 is 1.62. The standard InChI is InChI=1S/C10H14N4OS/c1-8-13-10(15-14-8)3-2-4-11-5-9-6-16-7-12-9/h6-7,11H,2-5H2,1H3. The van der Waals surface area contributed by atoms with Crippen LogP contribution in [0.15, 0.2) is 15.4 Å². The molecule has 1 N–H and O–H groups in total. The van der Waals surface area contributed by atoms with Crippen LogP contribution in [0.5, 0.6) is 0 Å². The van der Waals surface area contributed by atoms with E-state index >= 15 is 0 Å². The lowest BCUT2D eigenvalue weighted by Gasteiger charge is -2.00. The van der Waals surface area contributed by atoms with Gasteiger partial charge in [0.2, 0.25) is 5.89 Å². The van der Waals surface area contributed by atoms with E-state index in [1.807, 2.05) is 17.8 Å². The van der Waals surface area contributed by atoms with Gasteiger partial charge in [0.05, 0.1) is 11.2 Å². The van der Waals surface area contributed by atoms with Gasteiger partial charge >= 0.3 is 0 Å². The minimum atomic E-state index is 0.699. The van der Waals surface area contributed by atoms with E-state index in [9.17, 15) is 0 Å². The Morgan fingerprint density at radius 1 is 1.50 bits per heavy atom. The van der Waals surface area contributed by atoms with Gasteiger partial charge < -0.3 is 9.84 Å². The number of thiazole rings is 1. The molecule has 0 aliphatic carbocycles. The molecule has 86 valence electrons. The van der Waals surface area contributed by atoms with Gasteiger partial charge in [-0.25, -0.2) is 4.98 Å². The Kier molecular flexibility index (Phi) is 4.01. The highest BCUT2D eigenvalue weighted by Crippen LogP contribution is 2.01. The van der Waals surface area contributed by atoms with Crippen molar-refractivity contribution in [3.8, 4) is 0 Å². The largest absolute Gasteiger partial charge is 0.339 e. The van der Waals surface area contributed by atoms with Crippen molar-refractivity contribution in [3.05, 3.63) is 28.3 Å². The normalized spacial score (nSPS) is 10.8. The van der Waals surface area contributed by atoms with Crippen LogP contribution < -0.4 is 5.32 Å². The number of hydrogen-bond acceptors (Lipinski definition) is 6. The first-order valence-corrected chi connectivity index (χ1v) is 6.16. The van der Waals surface area contributed by atoms with Crippen molar-refractivity contribution < 1.29 is 4.52 Å². The molecule has 2 aromatic rings. The molecular weight excluding hydrogens is 224 g/mol. The summed E-state index contributed by atoms with van der Waals surface area (Å²) in [5.74, 6) is 1.42. The number of nitrogens with zero attached hydrogens (tertiary/aromatic N) is 3. The van der Waals surface area contributed by atoms with Crippen LogP contribution in [0.25, 0.3) is 0 Å². The summed E-state index contributed by atoms with van der Waals surface area (Å²) in [6, 6.07) is 0. The summed E-state index contributed by atoms with van der Waals surface area (Å²) < 4.78 is 5.02. The average molecular weight is 238 g/mol. The molecule has 0 atom stereocenters. The van der Waals surface area contributed by atoms with Gasteiger partial charge in [-0.15, -0.1) is 11.3 Å². The van der Waals surface area contributed by atoms with E-state index in [2.05, 4.69) is 20.4 Å². The molecule has 16 heavy (non-hydrogen) atoms. The number of nitrogens with one attached hydrogen (secondary N) is 1. The Hall–Kier alpha value is -1.27. The SMILES string of the molecule is Cc1noc(CCCNCc2cscn2)n1. The van der Waals surface area contributed by atoms with Gasteiger partial charge in [0.25, 0.3) is 0 Å². The topological polar surface area (TPSA) is 63.8 Å². The van der Waals surface area contributed by atoms with E-state index in [0.29, 0.717) is 11.7 Å². The van der Waals surface area contributed by atoms with Crippen LogP contribution in [0.4, 0.5) is 0 Å². The maximum atomic E-state index is 5.02. The first-order valence-electron chi connectivity index (χ1n) is 5.21. The fourth-order valence-electron chi connectivity index (χ4n) is 1.35. The van der Waals surface area contributed by atoms with Gasteiger partial charge in [0.1, 0.15) is 0 Å². The lowest BCUT2D eigenvalue weighted by Crippen LogP contribution is -2.15. The number of rotatable bonds is 6. The first kappa shape index (κ1) is 11.2. The summed E-state index contributed by atoms with van der Waals surface area (Å²) in [4.78, 5) is 8.33. The Balaban J connectivity index is 1.59. The summed E-state index contributed by atoms with van der Waals surface area (Å²) in [7, 11) is 0. The zero-order valence-electron chi connectivity index (χ0n) is 9.14. The van der Waals surface area contributed by atoms with Crippen LogP contribution in [-0.4, -0.2) is 21.7 Å². The molecule has 0 spiro atoms. The lowest BCUT2D eigenvalue weighted by atomic mass is 10.3. The van der Waals surface area contributed by atoms with Gasteiger partial charge in [0, 0.05) is 18.3 Å². The molecule has 0 saturated heterocycles. The summed E-state index contributed by atoms with van der Waals surface area (Å²) in [6.07, 6.45) is 1.82. The Morgan fingerprint density at radius 2 is 2.44 bits per heavy atom. The molecule has 2 rings (SSSR count). The van der Waals surface area contributed by atoms with Crippen molar-refractivity contribution in [2.45, 2.75) is 26.3 Å². The van der Waals surface area contributed by atoms with Gasteiger partial charge in [-0.05, 0) is 19.9 Å². The molecule has 0 aliphatic rings. The molecule has 0 saturated carbocycles. The highest BCUT2D eigenvalue weighted by Gasteiger charge is 2.01. The summed E-state index contributed by atoms with van der Waals surface area (Å²) in [6.45, 7) is 3.58. The monoisotopic (exact) mass is 238 g/mol. The van der Waals surface area contributed by atoms with Crippen LogP contribution in [0.2, 0.25) is 0 Å². The second-order valence-electron chi connectivity index (χ2n) is 3.50. The van der Waals surface area contributed by atoms with Gasteiger partial charge in [-0.3, -0.25) is 0 Å². The maximum Gasteiger partial charge on any atom is 0.226 e. The van der Waals surface area contributed by atoms with E-state index in [1.165, 1.54) is 0 Å². The van der Waals surface area contributed by atoms with E-state index in [1.54, 1.807) is 11.3 Å². The quantitative estimate of drug-likeness (QED) is 0.774. The van der Waals surface area contributed by atoms with Crippen molar-refractivity contribution >= 4 is 11.3 Å². The van der Waals surface area contributed by atoms with Gasteiger partial charge in [-0.2, -0.15) is 4.98 Å². The molecule has 5 nitrogen and oxygen atoms in total. The second-order valence-corrected chi connectivity index (χ2v) is 4.21. The third kappa shape index (κ3) is 3.39. The second kappa shape index (κ2) is 5.72. The minimum Gasteiger partial charge on any atom is -0.339 e. The highest BCUT2D eigenvalue weighted by atomic mass is 32.1. The van der Waals surface area contributed by atoms with Crippen molar-refractivity contribution in [1.29, 1.82) is 0 Å². The molecule has 0 bridgehead atoms. The third-order valence-corrected chi connectivity index (χ3v) is 2.74. The molecule has 0 unspecified atom stereocenters. The Bertz CT molecular complexity index is 412. The zero-order chi connectivity index (χ0) is 11.2. The molecule has 2 aromatic heterocycles. The summed E-state index contributed by atoms with van der Waals surface area (Å²) in [5.41, 5.74) is 2.94. The van der Waals surface area contributed by atoms with Crippen LogP contribution in [0, 0.1) is 6.92 Å². The van der Waals surface area contributed by atoms with Crippen molar-refractivity contribution in [3.63, 3.8) is 0 Å². The molecule has 0 aromatic carbocycles. The third-order valence-electron chi connectivity index (χ3n) is 2.10. The number of aryl methyl sites for hydroxylation is 2. The molecule has 0 aliphatic heterocycles. The van der Waals surface area contributed by atoms with Crippen LogP contribution in [-0.2, 0) is 13.0 Å². The van der Waals surface area contributed by atoms with Gasteiger partial charge in [0.15, 0.2) is 5.82 Å².